The van der Waals surface area contributed by atoms with Crippen molar-refractivity contribution < 1.29 is 56.2 Å². The van der Waals surface area contributed by atoms with Crippen LogP contribution >= 0.6 is 0 Å². The standard InChI is InChI=1S/C81H49F8N15.O.V/c82-60-52-50-41-51-53-55(63(85)71(93-45-31-15-4-16-32-45)69(61(53)83)91-43-27-11-2-12-28-43)77(99-51)101-79-57-59(67(89)75(97-49-39-23-8-24-40-49)73(65(57)87)95-47-35-19-6-20-36-47)81(103-79)104-80-58-56(64(86)72(94-46-33-17-5-18-34-46)74(66(58)88)96-48-37-21-7-22-38-48)78(102-80)100-76(98-50)54(52)62(84)70(92-44-29-13-3-14-30-44)68(60)90-42-25-9-1-10-26-42;;/h1-41,90-97H;;/q-2;;+2. The van der Waals surface area contributed by atoms with Crippen molar-refractivity contribution in [1.82, 2.24) is 34.9 Å². The predicted molar refractivity (Wildman–Crippen MR) is 394 cm³/mol. The molecule has 16 nitrogen and oxygen atoms in total. The molecule has 0 amide bonds. The summed E-state index contributed by atoms with van der Waals surface area (Å²) in [4.78, 5) is 33.4. The molecule has 8 bridgehead atoms. The van der Waals surface area contributed by atoms with E-state index in [1.807, 2.05) is 0 Å². The molecule has 0 saturated heterocycles. The first kappa shape index (κ1) is 66.8. The molecule has 0 unspecified atom stereocenters. The first-order valence-corrected chi connectivity index (χ1v) is 33.3. The molecule has 2 aliphatic heterocycles. The molecule has 0 saturated carbocycles. The van der Waals surface area contributed by atoms with Crippen LogP contribution in [-0.2, 0) is 21.0 Å². The second-order valence-electron chi connectivity index (χ2n) is 24.1. The first-order chi connectivity index (χ1) is 51.9. The summed E-state index contributed by atoms with van der Waals surface area (Å²) >= 11 is 1.06. The summed E-state index contributed by atoms with van der Waals surface area (Å²) in [6.07, 6.45) is 0. The van der Waals surface area contributed by atoms with E-state index in [1.54, 1.807) is 243 Å². The summed E-state index contributed by atoms with van der Waals surface area (Å²) in [6, 6.07) is 67.2. The summed E-state index contributed by atoms with van der Waals surface area (Å²) in [5.41, 5.74) is -7.49. The van der Waals surface area contributed by atoms with Gasteiger partial charge in [-0.2, -0.15) is 0 Å². The first-order valence-electron chi connectivity index (χ1n) is 32.7. The second-order valence-corrected chi connectivity index (χ2v) is 24.1. The Kier molecular flexibility index (Phi) is 17.8. The zero-order chi connectivity index (χ0) is 72.7. The van der Waals surface area contributed by atoms with E-state index in [0.29, 0.717) is 22.7 Å². The van der Waals surface area contributed by atoms with E-state index in [9.17, 15) is 0 Å². The minimum absolute atomic E-state index is 0.287. The Morgan fingerprint density at radius 2 is 0.443 bits per heavy atom. The van der Waals surface area contributed by atoms with E-state index in [4.69, 9.17) is 38.6 Å². The average Bonchev–Trinajstić information content (AvgIpc) is 1.55. The van der Waals surface area contributed by atoms with E-state index < -0.39 is 181 Å². The molecule has 515 valence electrons. The van der Waals surface area contributed by atoms with Crippen LogP contribution < -0.4 is 52.5 Å². The van der Waals surface area contributed by atoms with Gasteiger partial charge in [-0.15, -0.1) is 0 Å². The van der Waals surface area contributed by atoms with Crippen molar-refractivity contribution in [2.75, 3.05) is 42.5 Å². The van der Waals surface area contributed by atoms with Crippen LogP contribution in [0.15, 0.2) is 249 Å². The fourth-order valence-electron chi connectivity index (χ4n) is 12.8. The monoisotopic (exact) mass is 1450 g/mol. The van der Waals surface area contributed by atoms with E-state index in [2.05, 4.69) is 42.5 Å². The zero-order valence-corrected chi connectivity index (χ0v) is 56.1. The number of nitrogens with one attached hydrogen (secondary N) is 8. The van der Waals surface area contributed by atoms with Crippen LogP contribution in [0.5, 0.6) is 0 Å². The molecule has 0 aliphatic carbocycles. The minimum atomic E-state index is -1.22. The summed E-state index contributed by atoms with van der Waals surface area (Å²) in [7, 11) is 0. The van der Waals surface area contributed by atoms with Crippen LogP contribution in [0.2, 0.25) is 0 Å². The van der Waals surface area contributed by atoms with Crippen LogP contribution in [0.4, 0.5) is 126 Å². The van der Waals surface area contributed by atoms with Gasteiger partial charge in [-0.05, 0) is 114 Å². The number of halogens is 8. The molecule has 8 N–H and O–H groups in total. The van der Waals surface area contributed by atoms with Crippen LogP contribution in [0, 0.1) is 46.5 Å². The maximum absolute atomic E-state index is 18.9. The summed E-state index contributed by atoms with van der Waals surface area (Å²) in [5.74, 6) is -11.8. The number of hydrogen-bond acceptors (Lipinski definition) is 14. The third kappa shape index (κ3) is 12.3. The summed E-state index contributed by atoms with van der Waals surface area (Å²) < 4.78 is 159. The maximum atomic E-state index is 18.9. The van der Waals surface area contributed by atoms with E-state index >= 15 is 35.1 Å². The number of anilines is 16. The number of para-hydroxylation sites is 8. The van der Waals surface area contributed by atoms with Gasteiger partial charge >= 0.3 is 21.0 Å². The van der Waals surface area contributed by atoms with Gasteiger partial charge in [0.05, 0.1) is 39.9 Å². The molecular weight excluding hydrogens is 1400 g/mol. The van der Waals surface area contributed by atoms with Gasteiger partial charge in [-0.25, -0.2) is 45.1 Å². The number of fused-ring (bicyclic) bond motifs is 20. The SMILES string of the molecule is Fc1c(Nc2ccccc2)c(Nc2ccccc2)c(F)c2c1-c1cc3[n-]c(nc4nc(nc5[n-]c(nc-2n1)c1c(F)c(Nc2ccccc2)c(Nc2ccccc2)c(F)c51)-c1c(F)c(Nc2ccccc2)c(Nc2ccccc2)c(F)c1-4)c1c(F)c(Nc2ccccc2)c(Nc2ccccc2)c(F)c31.[O]=[V+2]. The van der Waals surface area contributed by atoms with Gasteiger partial charge in [0.25, 0.3) is 0 Å². The molecule has 0 fully saturated rings. The van der Waals surface area contributed by atoms with Crippen molar-refractivity contribution in [2.24, 2.45) is 0 Å². The quantitative estimate of drug-likeness (QED) is 0.0424. The van der Waals surface area contributed by atoms with Crippen molar-refractivity contribution in [2.45, 2.75) is 0 Å². The van der Waals surface area contributed by atoms with Crippen LogP contribution in [0.3, 0.4) is 0 Å². The number of rotatable bonds is 16. The Morgan fingerprint density at radius 3 is 0.717 bits per heavy atom. The van der Waals surface area contributed by atoms with Crippen molar-refractivity contribution in [3.8, 4) is 45.4 Å². The molecule has 5 heterocycles. The zero-order valence-electron chi connectivity index (χ0n) is 54.7. The number of benzene rings is 12. The summed E-state index contributed by atoms with van der Waals surface area (Å²) in [5, 5.41) is 21.4. The van der Waals surface area contributed by atoms with Gasteiger partial charge in [0.1, 0.15) is 45.5 Å². The molecular formula is C81H49F8N15OV. The molecule has 3 aromatic heterocycles. The van der Waals surface area contributed by atoms with E-state index in [1.165, 1.54) is 0 Å². The van der Waals surface area contributed by atoms with Gasteiger partial charge in [-0.3, -0.25) is 0 Å². The van der Waals surface area contributed by atoms with Gasteiger partial charge in [0.15, 0.2) is 46.5 Å². The average molecular weight is 1450 g/mol. The Balaban J connectivity index is 0.00000427. The van der Waals surface area contributed by atoms with E-state index in [-0.39, 0.29) is 22.7 Å². The molecule has 2 aliphatic rings. The molecule has 0 atom stereocenters. The predicted octanol–water partition coefficient (Wildman–Crippen LogP) is 21.7. The van der Waals surface area contributed by atoms with E-state index in [0.717, 1.165) is 23.4 Å². The fraction of sp³-hybridized carbons (Fsp3) is 0. The van der Waals surface area contributed by atoms with Gasteiger partial charge < -0.3 is 67.5 Å². The molecule has 25 heteroatoms. The topological polar surface area (TPSA) is 206 Å². The van der Waals surface area contributed by atoms with Crippen molar-refractivity contribution in [3.63, 3.8) is 0 Å². The molecule has 17 rings (SSSR count). The molecule has 12 aromatic carbocycles. The number of aromatic nitrogens is 7. The van der Waals surface area contributed by atoms with Crippen LogP contribution in [0.1, 0.15) is 0 Å². The van der Waals surface area contributed by atoms with Crippen molar-refractivity contribution in [3.05, 3.63) is 295 Å². The normalized spacial score (nSPS) is 11.3. The Bertz CT molecular complexity index is 5370. The van der Waals surface area contributed by atoms with Crippen molar-refractivity contribution >= 4 is 135 Å². The summed E-state index contributed by atoms with van der Waals surface area (Å²) in [6.45, 7) is 0. The third-order valence-electron chi connectivity index (χ3n) is 17.5. The molecule has 106 heavy (non-hydrogen) atoms. The molecule has 0 spiro atoms. The van der Waals surface area contributed by atoms with Gasteiger partial charge in [-0.1, -0.05) is 146 Å². The van der Waals surface area contributed by atoms with Gasteiger partial charge in [0, 0.05) is 83.9 Å². The van der Waals surface area contributed by atoms with Crippen LogP contribution in [-0.4, -0.2) is 24.9 Å². The Hall–Kier alpha value is -13.7. The number of hydrogen-bond donors (Lipinski definition) is 8. The van der Waals surface area contributed by atoms with Gasteiger partial charge in [0.2, 0.25) is 0 Å². The third-order valence-corrected chi connectivity index (χ3v) is 17.5. The second kappa shape index (κ2) is 28.3. The van der Waals surface area contributed by atoms with Crippen molar-refractivity contribution in [1.29, 1.82) is 0 Å². The Labute approximate surface area is 606 Å². The number of nitrogens with zero attached hydrogens (tertiary/aromatic N) is 7. The molecule has 15 aromatic rings. The van der Waals surface area contributed by atoms with Crippen LogP contribution in [0.25, 0.3) is 89.4 Å². The molecule has 0 radical (unpaired) electrons. The fourth-order valence-corrected chi connectivity index (χ4v) is 12.8. The Morgan fingerprint density at radius 1 is 0.236 bits per heavy atom.